The highest BCUT2D eigenvalue weighted by Gasteiger charge is 2.54. The molecule has 0 spiro atoms. The summed E-state index contributed by atoms with van der Waals surface area (Å²) in [6.45, 7) is 4.51. The molecule has 5 aromatic rings. The molecular weight excluding hydrogens is 857 g/mol. The normalized spacial score (nSPS) is 24.9. The van der Waals surface area contributed by atoms with E-state index in [4.69, 9.17) is 47.4 Å². The first-order valence-electron chi connectivity index (χ1n) is 22.7. The van der Waals surface area contributed by atoms with Crippen LogP contribution < -0.4 is 0 Å². The van der Waals surface area contributed by atoms with Crippen molar-refractivity contribution in [2.75, 3.05) is 13.2 Å². The maximum Gasteiger partial charge on any atom is 0.305 e. The van der Waals surface area contributed by atoms with E-state index in [-0.39, 0.29) is 52.7 Å². The first-order valence-corrected chi connectivity index (χ1v) is 22.7. The summed E-state index contributed by atoms with van der Waals surface area (Å²) >= 11 is 0. The third-order valence-corrected chi connectivity index (χ3v) is 11.6. The van der Waals surface area contributed by atoms with E-state index in [0.717, 1.165) is 27.8 Å². The van der Waals surface area contributed by atoms with E-state index in [1.807, 2.05) is 152 Å². The number of esters is 3. The number of carbonyl (C=O) groups excluding carboxylic acids is 3. The molecule has 0 N–H and O–H groups in total. The molecule has 10 unspecified atom stereocenters. The van der Waals surface area contributed by atoms with E-state index in [2.05, 4.69) is 0 Å². The molecule has 0 saturated carbocycles. The van der Waals surface area contributed by atoms with E-state index in [0.29, 0.717) is 0 Å². The van der Waals surface area contributed by atoms with Crippen molar-refractivity contribution in [2.24, 2.45) is 5.92 Å². The predicted molar refractivity (Wildman–Crippen MR) is 246 cm³/mol. The van der Waals surface area contributed by atoms with Crippen molar-refractivity contribution in [3.05, 3.63) is 179 Å². The van der Waals surface area contributed by atoms with Crippen molar-refractivity contribution in [3.63, 3.8) is 0 Å². The Balaban J connectivity index is 1.33. The molecule has 354 valence electrons. The molecule has 2 fully saturated rings. The molecule has 0 bridgehead atoms. The summed E-state index contributed by atoms with van der Waals surface area (Å²) in [6.07, 6.45) is -7.85. The summed E-state index contributed by atoms with van der Waals surface area (Å²) in [4.78, 5) is 37.8. The molecule has 5 aromatic carbocycles. The Morgan fingerprint density at radius 2 is 0.716 bits per heavy atom. The van der Waals surface area contributed by atoms with Crippen molar-refractivity contribution >= 4 is 17.9 Å². The van der Waals surface area contributed by atoms with Crippen LogP contribution in [0.15, 0.2) is 152 Å². The summed E-state index contributed by atoms with van der Waals surface area (Å²) in [5.74, 6) is -2.28. The molecule has 0 aliphatic carbocycles. The lowest BCUT2D eigenvalue weighted by atomic mass is 9.80. The SMILES string of the molecule is CC(=O)OCC1OC(OC(C)=O)C(OCc2ccccc2)C(CC2OC(COC(C)=O)C(OCc3ccccc3)C(OCc3ccccc3)C2OCc2ccccc2)C1OCc1ccccc1. The van der Waals surface area contributed by atoms with Crippen molar-refractivity contribution in [1.82, 2.24) is 0 Å². The van der Waals surface area contributed by atoms with Gasteiger partial charge in [0.1, 0.15) is 49.8 Å². The second kappa shape index (κ2) is 25.4. The Kier molecular flexibility index (Phi) is 18.6. The van der Waals surface area contributed by atoms with Gasteiger partial charge in [0.05, 0.1) is 45.2 Å². The van der Waals surface area contributed by atoms with E-state index in [1.54, 1.807) is 0 Å². The number of hydrogen-bond acceptors (Lipinski definition) is 13. The van der Waals surface area contributed by atoms with Gasteiger partial charge in [0, 0.05) is 26.7 Å². The minimum atomic E-state index is -1.25. The molecule has 0 amide bonds. The Bertz CT molecular complexity index is 2230. The van der Waals surface area contributed by atoms with Crippen LogP contribution in [-0.4, -0.2) is 86.2 Å². The van der Waals surface area contributed by atoms with Gasteiger partial charge in [-0.1, -0.05) is 152 Å². The lowest BCUT2D eigenvalue weighted by Crippen LogP contribution is -2.64. The zero-order valence-electron chi connectivity index (χ0n) is 38.2. The van der Waals surface area contributed by atoms with Gasteiger partial charge in [-0.05, 0) is 34.2 Å². The number of ether oxygens (including phenoxy) is 10. The van der Waals surface area contributed by atoms with Crippen LogP contribution in [0.2, 0.25) is 0 Å². The lowest BCUT2D eigenvalue weighted by molar-refractivity contribution is -0.312. The fourth-order valence-corrected chi connectivity index (χ4v) is 8.49. The van der Waals surface area contributed by atoms with Gasteiger partial charge in [0.2, 0.25) is 6.29 Å². The summed E-state index contributed by atoms with van der Waals surface area (Å²) in [5, 5.41) is 0. The van der Waals surface area contributed by atoms with Crippen LogP contribution in [0.25, 0.3) is 0 Å². The van der Waals surface area contributed by atoms with Crippen LogP contribution in [0.5, 0.6) is 0 Å². The maximum atomic E-state index is 12.9. The smallest absolute Gasteiger partial charge is 0.305 e. The van der Waals surface area contributed by atoms with Gasteiger partial charge in [-0.25, -0.2) is 0 Å². The van der Waals surface area contributed by atoms with Crippen LogP contribution in [0, 0.1) is 5.92 Å². The number of benzene rings is 5. The highest BCUT2D eigenvalue weighted by Crippen LogP contribution is 2.40. The maximum absolute atomic E-state index is 12.9. The minimum Gasteiger partial charge on any atom is -0.463 e. The molecule has 13 nitrogen and oxygen atoms in total. The van der Waals surface area contributed by atoms with Gasteiger partial charge in [0.15, 0.2) is 0 Å². The topological polar surface area (TPSA) is 144 Å². The zero-order valence-corrected chi connectivity index (χ0v) is 38.2. The molecule has 0 radical (unpaired) electrons. The van der Waals surface area contributed by atoms with Gasteiger partial charge < -0.3 is 47.4 Å². The highest BCUT2D eigenvalue weighted by molar-refractivity contribution is 5.66. The molecule has 13 heteroatoms. The van der Waals surface area contributed by atoms with Crippen molar-refractivity contribution < 1.29 is 61.8 Å². The Labute approximate surface area is 392 Å². The molecule has 7 rings (SSSR count). The second-order valence-corrected chi connectivity index (χ2v) is 16.7. The first-order chi connectivity index (χ1) is 32.7. The monoisotopic (exact) mass is 916 g/mol. The summed E-state index contributed by atoms with van der Waals surface area (Å²) < 4.78 is 65.3. The van der Waals surface area contributed by atoms with Crippen LogP contribution in [0.4, 0.5) is 0 Å². The third kappa shape index (κ3) is 14.9. The van der Waals surface area contributed by atoms with E-state index in [1.165, 1.54) is 20.8 Å². The average molecular weight is 917 g/mol. The largest absolute Gasteiger partial charge is 0.463 e. The number of carbonyl (C=O) groups is 3. The minimum absolute atomic E-state index is 0.135. The van der Waals surface area contributed by atoms with Crippen molar-refractivity contribution in [1.29, 1.82) is 0 Å². The summed E-state index contributed by atoms with van der Waals surface area (Å²) in [7, 11) is 0. The first kappa shape index (κ1) is 49.1. The van der Waals surface area contributed by atoms with Crippen LogP contribution in [0.1, 0.15) is 55.0 Å². The predicted octanol–water partition coefficient (Wildman–Crippen LogP) is 8.10. The van der Waals surface area contributed by atoms with Crippen LogP contribution >= 0.6 is 0 Å². The molecular formula is C54H60O13. The Morgan fingerprint density at radius 1 is 0.388 bits per heavy atom. The van der Waals surface area contributed by atoms with E-state index in [9.17, 15) is 14.4 Å². The third-order valence-electron chi connectivity index (χ3n) is 11.6. The number of hydrogen-bond donors (Lipinski definition) is 0. The standard InChI is InChI=1S/C54H60O13/c1-37(55)58-35-47-49(60-30-40-19-9-4-10-20-40)45(50(54(67-47)65-39(3)57)61-31-41-21-11-5-12-22-41)29-46-51(62-32-42-23-13-6-14-24-42)53(64-34-44-27-17-8-18-28-44)52(48(66-46)36-59-38(2)56)63-33-43-25-15-7-16-26-43/h4-28,45-54H,29-36H2,1-3H3. The summed E-state index contributed by atoms with van der Waals surface area (Å²) in [6, 6.07) is 48.7. The Hall–Kier alpha value is -5.77. The van der Waals surface area contributed by atoms with Crippen LogP contribution in [0.3, 0.4) is 0 Å². The molecule has 10 atom stereocenters. The second-order valence-electron chi connectivity index (χ2n) is 16.7. The van der Waals surface area contributed by atoms with Gasteiger partial charge in [-0.2, -0.15) is 0 Å². The molecule has 2 saturated heterocycles. The van der Waals surface area contributed by atoms with Gasteiger partial charge >= 0.3 is 17.9 Å². The number of rotatable bonds is 22. The van der Waals surface area contributed by atoms with Crippen LogP contribution in [-0.2, 0) is 94.8 Å². The Morgan fingerprint density at radius 3 is 1.09 bits per heavy atom. The quantitative estimate of drug-likeness (QED) is 0.0488. The lowest BCUT2D eigenvalue weighted by Gasteiger charge is -2.50. The van der Waals surface area contributed by atoms with Crippen molar-refractivity contribution in [3.8, 4) is 0 Å². The highest BCUT2D eigenvalue weighted by atomic mass is 16.7. The fourth-order valence-electron chi connectivity index (χ4n) is 8.49. The van der Waals surface area contributed by atoms with Gasteiger partial charge in [-0.3, -0.25) is 14.4 Å². The van der Waals surface area contributed by atoms with Crippen molar-refractivity contribution in [2.45, 2.75) is 115 Å². The van der Waals surface area contributed by atoms with Gasteiger partial charge in [-0.15, -0.1) is 0 Å². The fraction of sp³-hybridized carbons (Fsp3) is 0.389. The van der Waals surface area contributed by atoms with E-state index < -0.39 is 78.9 Å². The molecule has 67 heavy (non-hydrogen) atoms. The summed E-state index contributed by atoms with van der Waals surface area (Å²) in [5.41, 5.74) is 4.54. The van der Waals surface area contributed by atoms with E-state index >= 15 is 0 Å². The molecule has 2 heterocycles. The zero-order chi connectivity index (χ0) is 46.8. The molecule has 0 aromatic heterocycles. The average Bonchev–Trinajstić information content (AvgIpc) is 3.34. The van der Waals surface area contributed by atoms with Gasteiger partial charge in [0.25, 0.3) is 0 Å². The molecule has 2 aliphatic heterocycles. The molecule has 2 aliphatic rings.